The molecule has 0 amide bonds. The molecule has 0 spiro atoms. The summed E-state index contributed by atoms with van der Waals surface area (Å²) in [5.41, 5.74) is 0. The second-order valence-electron chi connectivity index (χ2n) is 3.77. The Hall–Kier alpha value is -0.500. The summed E-state index contributed by atoms with van der Waals surface area (Å²) in [6, 6.07) is 0. The molecule has 0 heterocycles. The maximum absolute atomic E-state index is 12.8. The fraction of sp³-hybridized carbons (Fsp3) is 1.00. The van der Waals surface area contributed by atoms with Crippen molar-refractivity contribution in [1.82, 2.24) is 0 Å². The van der Waals surface area contributed by atoms with E-state index in [1.807, 2.05) is 6.92 Å². The Labute approximate surface area is 101 Å². The van der Waals surface area contributed by atoms with E-state index in [1.165, 1.54) is 6.92 Å². The first-order valence-electron chi connectivity index (χ1n) is 5.43. The van der Waals surface area contributed by atoms with E-state index in [0.717, 1.165) is 6.42 Å². The van der Waals surface area contributed by atoms with Crippen molar-refractivity contribution in [2.45, 2.75) is 51.2 Å². The number of ether oxygens (including phenoxy) is 2. The maximum atomic E-state index is 12.8. The highest BCUT2D eigenvalue weighted by Gasteiger charge is 2.57. The second-order valence-corrected chi connectivity index (χ2v) is 3.77. The largest absolute Gasteiger partial charge is 0.425 e. The first-order valence-corrected chi connectivity index (χ1v) is 5.43. The van der Waals surface area contributed by atoms with Crippen LogP contribution in [0.2, 0.25) is 0 Å². The average Bonchev–Trinajstić information content (AvgIpc) is 2.24. The summed E-state index contributed by atoms with van der Waals surface area (Å²) in [5.74, 6) is -4.62. The van der Waals surface area contributed by atoms with Gasteiger partial charge in [0, 0.05) is 6.61 Å². The molecule has 2 atom stereocenters. The van der Waals surface area contributed by atoms with Gasteiger partial charge in [-0.15, -0.1) is 0 Å². The highest BCUT2D eigenvalue weighted by atomic mass is 19.4. The monoisotopic (exact) mass is 282 g/mol. The van der Waals surface area contributed by atoms with Gasteiger partial charge in [-0.3, -0.25) is 0 Å². The maximum Gasteiger partial charge on any atom is 0.425 e. The molecule has 0 aromatic rings. The van der Waals surface area contributed by atoms with E-state index in [0.29, 0.717) is 6.42 Å². The molecule has 0 aliphatic rings. The van der Waals surface area contributed by atoms with Gasteiger partial charge in [-0.1, -0.05) is 13.3 Å². The Morgan fingerprint density at radius 1 is 1.06 bits per heavy atom. The molecule has 0 rings (SSSR count). The van der Waals surface area contributed by atoms with Gasteiger partial charge in [-0.2, -0.15) is 13.2 Å². The van der Waals surface area contributed by atoms with Crippen LogP contribution in [0.15, 0.2) is 0 Å². The van der Waals surface area contributed by atoms with Crippen molar-refractivity contribution in [1.29, 1.82) is 0 Å². The lowest BCUT2D eigenvalue weighted by molar-refractivity contribution is -0.268. The normalized spacial score (nSPS) is 16.7. The number of hydrogen-bond acceptors (Lipinski definition) is 2. The molecule has 0 bridgehead atoms. The van der Waals surface area contributed by atoms with Crippen molar-refractivity contribution >= 4 is 0 Å². The molecule has 0 N–H and O–H groups in total. The van der Waals surface area contributed by atoms with Crippen LogP contribution >= 0.6 is 0 Å². The molecular weight excluding hydrogens is 266 g/mol. The minimum atomic E-state index is -5.61. The van der Waals surface area contributed by atoms with E-state index in [9.17, 15) is 26.3 Å². The Kier molecular flexibility index (Phi) is 6.98. The standard InChI is InChI=1S/C10H16F6O2/c1-3-4-5-17-7(2)18-6-9(12,13)8(11)10(14,15)16/h7-8H,3-6H2,1-2H3/t7-,8+/m0/s1. The van der Waals surface area contributed by atoms with Gasteiger partial charge in [0.25, 0.3) is 6.17 Å². The van der Waals surface area contributed by atoms with Gasteiger partial charge in [-0.05, 0) is 13.3 Å². The van der Waals surface area contributed by atoms with E-state index in [4.69, 9.17) is 4.74 Å². The van der Waals surface area contributed by atoms with Crippen LogP contribution in [-0.4, -0.2) is 37.8 Å². The summed E-state index contributed by atoms with van der Waals surface area (Å²) >= 11 is 0. The SMILES string of the molecule is CCCCO[C@H](C)OCC(F)(F)[C@@H](F)C(F)(F)F. The van der Waals surface area contributed by atoms with Crippen molar-refractivity contribution < 1.29 is 35.8 Å². The molecule has 2 nitrogen and oxygen atoms in total. The third kappa shape index (κ3) is 6.44. The minimum absolute atomic E-state index is 0.238. The van der Waals surface area contributed by atoms with Crippen LogP contribution in [0.5, 0.6) is 0 Å². The van der Waals surface area contributed by atoms with Gasteiger partial charge in [0.2, 0.25) is 0 Å². The van der Waals surface area contributed by atoms with Gasteiger partial charge in [-0.25, -0.2) is 13.2 Å². The summed E-state index contributed by atoms with van der Waals surface area (Å²) in [7, 11) is 0. The predicted molar refractivity (Wildman–Crippen MR) is 52.2 cm³/mol. The molecule has 0 saturated carbocycles. The van der Waals surface area contributed by atoms with Crippen LogP contribution in [0, 0.1) is 0 Å². The first-order chi connectivity index (χ1) is 8.11. The zero-order valence-electron chi connectivity index (χ0n) is 10.1. The van der Waals surface area contributed by atoms with Crippen molar-refractivity contribution in [2.24, 2.45) is 0 Å². The molecular formula is C10H16F6O2. The number of hydrogen-bond donors (Lipinski definition) is 0. The summed E-state index contributed by atoms with van der Waals surface area (Å²) in [4.78, 5) is 0. The Morgan fingerprint density at radius 3 is 2.06 bits per heavy atom. The molecule has 0 unspecified atom stereocenters. The number of unbranched alkanes of at least 4 members (excludes halogenated alkanes) is 1. The van der Waals surface area contributed by atoms with Gasteiger partial charge in [0.1, 0.15) is 6.61 Å². The van der Waals surface area contributed by atoms with Crippen LogP contribution in [0.4, 0.5) is 26.3 Å². The molecule has 0 saturated heterocycles. The van der Waals surface area contributed by atoms with Crippen molar-refractivity contribution in [3.05, 3.63) is 0 Å². The lowest BCUT2D eigenvalue weighted by Gasteiger charge is -2.24. The summed E-state index contributed by atoms with van der Waals surface area (Å²) < 4.78 is 82.6. The summed E-state index contributed by atoms with van der Waals surface area (Å²) in [6.07, 6.45) is -9.49. The molecule has 0 radical (unpaired) electrons. The zero-order valence-corrected chi connectivity index (χ0v) is 10.1. The van der Waals surface area contributed by atoms with Crippen LogP contribution < -0.4 is 0 Å². The van der Waals surface area contributed by atoms with Crippen LogP contribution in [-0.2, 0) is 9.47 Å². The minimum Gasteiger partial charge on any atom is -0.353 e. The third-order valence-corrected chi connectivity index (χ3v) is 2.02. The molecule has 110 valence electrons. The highest BCUT2D eigenvalue weighted by molar-refractivity contribution is 4.82. The molecule has 0 aromatic heterocycles. The Bertz CT molecular complexity index is 231. The fourth-order valence-corrected chi connectivity index (χ4v) is 0.983. The molecule has 0 fully saturated rings. The lowest BCUT2D eigenvalue weighted by Crippen LogP contribution is -2.45. The van der Waals surface area contributed by atoms with Gasteiger partial charge in [0.15, 0.2) is 6.29 Å². The molecule has 0 aromatic carbocycles. The van der Waals surface area contributed by atoms with E-state index in [2.05, 4.69) is 4.74 Å². The Balaban J connectivity index is 4.10. The van der Waals surface area contributed by atoms with E-state index >= 15 is 0 Å². The van der Waals surface area contributed by atoms with E-state index in [1.54, 1.807) is 0 Å². The molecule has 0 aliphatic carbocycles. The second kappa shape index (κ2) is 7.18. The van der Waals surface area contributed by atoms with Crippen molar-refractivity contribution in [2.75, 3.05) is 13.2 Å². The van der Waals surface area contributed by atoms with E-state index in [-0.39, 0.29) is 6.61 Å². The molecule has 0 aliphatic heterocycles. The van der Waals surface area contributed by atoms with Crippen molar-refractivity contribution in [3.8, 4) is 0 Å². The fourth-order valence-electron chi connectivity index (χ4n) is 0.983. The van der Waals surface area contributed by atoms with Gasteiger partial charge >= 0.3 is 12.1 Å². The summed E-state index contributed by atoms with van der Waals surface area (Å²) in [5, 5.41) is 0. The van der Waals surface area contributed by atoms with Crippen molar-refractivity contribution in [3.63, 3.8) is 0 Å². The zero-order chi connectivity index (χ0) is 14.4. The van der Waals surface area contributed by atoms with E-state index < -0.39 is 31.2 Å². The molecule has 8 heteroatoms. The summed E-state index contributed by atoms with van der Waals surface area (Å²) in [6.45, 7) is 1.69. The smallest absolute Gasteiger partial charge is 0.353 e. The Morgan fingerprint density at radius 2 is 1.61 bits per heavy atom. The van der Waals surface area contributed by atoms with Gasteiger partial charge in [0.05, 0.1) is 0 Å². The topological polar surface area (TPSA) is 18.5 Å². The number of rotatable bonds is 8. The third-order valence-electron chi connectivity index (χ3n) is 2.02. The number of halogens is 6. The highest BCUT2D eigenvalue weighted by Crippen LogP contribution is 2.35. The lowest BCUT2D eigenvalue weighted by atomic mass is 10.2. The first kappa shape index (κ1) is 17.5. The van der Waals surface area contributed by atoms with Crippen LogP contribution in [0.25, 0.3) is 0 Å². The number of alkyl halides is 6. The molecule has 18 heavy (non-hydrogen) atoms. The average molecular weight is 282 g/mol. The van der Waals surface area contributed by atoms with Crippen LogP contribution in [0.3, 0.4) is 0 Å². The quantitative estimate of drug-likeness (QED) is 0.384. The predicted octanol–water partition coefficient (Wildman–Crippen LogP) is 3.70. The van der Waals surface area contributed by atoms with Crippen LogP contribution in [0.1, 0.15) is 26.7 Å². The van der Waals surface area contributed by atoms with Gasteiger partial charge < -0.3 is 9.47 Å².